The van der Waals surface area contributed by atoms with Gasteiger partial charge in [-0.1, -0.05) is 0 Å². The molecule has 0 unspecified atom stereocenters. The maximum Gasteiger partial charge on any atom is 0.226 e. The Labute approximate surface area is 134 Å². The van der Waals surface area contributed by atoms with Gasteiger partial charge in [0.25, 0.3) is 0 Å². The summed E-state index contributed by atoms with van der Waals surface area (Å²) < 4.78 is 2.15. The van der Waals surface area contributed by atoms with E-state index in [1.54, 1.807) is 0 Å². The van der Waals surface area contributed by atoms with E-state index in [0.717, 1.165) is 32.4 Å². The van der Waals surface area contributed by atoms with Gasteiger partial charge in [0.2, 0.25) is 5.91 Å². The Hall–Kier alpha value is -1.62. The number of carbonyl (C=O) groups excluding carboxylic acids is 1. The monoisotopic (exact) mass is 315 g/mol. The van der Waals surface area contributed by atoms with E-state index < -0.39 is 0 Å². The Balaban J connectivity index is 1.41. The number of nitrogens with zero attached hydrogens (tertiary/aromatic N) is 3. The van der Waals surface area contributed by atoms with Gasteiger partial charge in [0.05, 0.1) is 12.4 Å². The average Bonchev–Trinajstić information content (AvgIpc) is 2.95. The summed E-state index contributed by atoms with van der Waals surface area (Å²) in [7, 11) is 0. The lowest BCUT2D eigenvalue weighted by molar-refractivity contribution is -0.134. The van der Waals surface area contributed by atoms with Crippen LogP contribution in [0.5, 0.6) is 0 Å². The highest BCUT2D eigenvalue weighted by Crippen LogP contribution is 2.50. The van der Waals surface area contributed by atoms with E-state index in [9.17, 15) is 4.79 Å². The highest BCUT2D eigenvalue weighted by molar-refractivity contribution is 7.12. The van der Waals surface area contributed by atoms with Crippen molar-refractivity contribution in [1.29, 1.82) is 0 Å². The van der Waals surface area contributed by atoms with Crippen molar-refractivity contribution in [2.45, 2.75) is 38.1 Å². The summed E-state index contributed by atoms with van der Waals surface area (Å²) in [5, 5.41) is 0. The predicted molar refractivity (Wildman–Crippen MR) is 87.0 cm³/mol. The lowest BCUT2D eigenvalue weighted by Crippen LogP contribution is -2.41. The zero-order chi connectivity index (χ0) is 15.1. The number of hydrogen-bond acceptors (Lipinski definition) is 3. The van der Waals surface area contributed by atoms with Crippen molar-refractivity contribution in [3.05, 3.63) is 40.6 Å². The zero-order valence-corrected chi connectivity index (χ0v) is 13.6. The maximum atomic E-state index is 12.8. The summed E-state index contributed by atoms with van der Waals surface area (Å²) in [6, 6.07) is 4.75. The number of rotatable bonds is 3. The highest BCUT2D eigenvalue weighted by Gasteiger charge is 2.47. The standard InChI is InChI=1S/C17H21N3OS/c1-12-4-5-16(22-12)14-9-15(14)17(21)19-7-2-3-13(10-19)20-8-6-18-11-20/h4-6,8,11,13-15H,2-3,7,9-10H2,1H3/t13-,14-,15-/m1/s1. The molecular formula is C17H21N3OS. The average molecular weight is 315 g/mol. The second-order valence-electron chi connectivity index (χ2n) is 6.49. The Kier molecular flexibility index (Phi) is 3.53. The SMILES string of the molecule is Cc1ccc([C@@H]2C[C@H]2C(=O)N2CCC[C@@H](n3ccnc3)C2)s1. The second kappa shape index (κ2) is 5.54. The largest absolute Gasteiger partial charge is 0.340 e. The molecular weight excluding hydrogens is 294 g/mol. The third kappa shape index (κ3) is 2.58. The van der Waals surface area contributed by atoms with Crippen LogP contribution in [0.4, 0.5) is 0 Å². The second-order valence-corrected chi connectivity index (χ2v) is 7.81. The maximum absolute atomic E-state index is 12.8. The van der Waals surface area contributed by atoms with Crippen molar-refractivity contribution in [2.24, 2.45) is 5.92 Å². The first-order valence-electron chi connectivity index (χ1n) is 8.05. The number of imidazole rings is 1. The van der Waals surface area contributed by atoms with Crippen LogP contribution in [0.25, 0.3) is 0 Å². The summed E-state index contributed by atoms with van der Waals surface area (Å²) in [4.78, 5) is 21.7. The Morgan fingerprint density at radius 2 is 2.32 bits per heavy atom. The lowest BCUT2D eigenvalue weighted by atomic mass is 10.0. The number of aromatic nitrogens is 2. The predicted octanol–water partition coefficient (Wildman–Crippen LogP) is 3.22. The van der Waals surface area contributed by atoms with Crippen LogP contribution in [0, 0.1) is 12.8 Å². The summed E-state index contributed by atoms with van der Waals surface area (Å²) >= 11 is 1.84. The minimum absolute atomic E-state index is 0.222. The van der Waals surface area contributed by atoms with E-state index in [0.29, 0.717) is 17.9 Å². The number of thiophene rings is 1. The molecule has 2 fully saturated rings. The fourth-order valence-corrected chi connectivity index (χ4v) is 4.61. The van der Waals surface area contributed by atoms with Crippen molar-refractivity contribution in [1.82, 2.24) is 14.5 Å². The lowest BCUT2D eigenvalue weighted by Gasteiger charge is -2.33. The van der Waals surface area contributed by atoms with E-state index in [1.165, 1.54) is 9.75 Å². The Bertz CT molecular complexity index is 663. The van der Waals surface area contributed by atoms with Gasteiger partial charge in [0.1, 0.15) is 0 Å². The van der Waals surface area contributed by atoms with Crippen LogP contribution in [0.3, 0.4) is 0 Å². The van der Waals surface area contributed by atoms with Gasteiger partial charge in [-0.3, -0.25) is 4.79 Å². The normalized spacial score (nSPS) is 27.9. The van der Waals surface area contributed by atoms with Crippen molar-refractivity contribution < 1.29 is 4.79 Å². The molecule has 0 spiro atoms. The van der Waals surface area contributed by atoms with Gasteiger partial charge in [-0.05, 0) is 38.3 Å². The molecule has 2 aromatic rings. The summed E-state index contributed by atoms with van der Waals surface area (Å²) in [5.41, 5.74) is 0. The van der Waals surface area contributed by atoms with Crippen LogP contribution in [0.2, 0.25) is 0 Å². The molecule has 1 saturated carbocycles. The molecule has 1 aliphatic carbocycles. The number of likely N-dealkylation sites (tertiary alicyclic amines) is 1. The molecule has 0 bridgehead atoms. The minimum Gasteiger partial charge on any atom is -0.340 e. The molecule has 1 aliphatic heterocycles. The van der Waals surface area contributed by atoms with E-state index in [-0.39, 0.29) is 5.92 Å². The molecule has 0 N–H and O–H groups in total. The molecule has 5 heteroatoms. The smallest absolute Gasteiger partial charge is 0.226 e. The van der Waals surface area contributed by atoms with Crippen LogP contribution in [-0.2, 0) is 4.79 Å². The van der Waals surface area contributed by atoms with Crippen LogP contribution in [-0.4, -0.2) is 33.4 Å². The van der Waals surface area contributed by atoms with Crippen molar-refractivity contribution in [3.63, 3.8) is 0 Å². The van der Waals surface area contributed by atoms with Crippen molar-refractivity contribution in [3.8, 4) is 0 Å². The number of aryl methyl sites for hydroxylation is 1. The first-order valence-corrected chi connectivity index (χ1v) is 8.86. The quantitative estimate of drug-likeness (QED) is 0.872. The van der Waals surface area contributed by atoms with Crippen LogP contribution in [0.1, 0.15) is 41.0 Å². The molecule has 22 heavy (non-hydrogen) atoms. The number of carbonyl (C=O) groups is 1. The van der Waals surface area contributed by atoms with E-state index in [2.05, 4.69) is 33.5 Å². The van der Waals surface area contributed by atoms with E-state index in [4.69, 9.17) is 0 Å². The molecule has 116 valence electrons. The molecule has 2 aromatic heterocycles. The molecule has 2 aliphatic rings. The molecule has 4 nitrogen and oxygen atoms in total. The van der Waals surface area contributed by atoms with E-state index in [1.807, 2.05) is 30.1 Å². The number of amides is 1. The van der Waals surface area contributed by atoms with Gasteiger partial charge in [0.15, 0.2) is 0 Å². The van der Waals surface area contributed by atoms with Crippen molar-refractivity contribution >= 4 is 17.2 Å². The first-order chi connectivity index (χ1) is 10.7. The van der Waals surface area contributed by atoms with Gasteiger partial charge in [-0.25, -0.2) is 4.98 Å². The highest BCUT2D eigenvalue weighted by atomic mass is 32.1. The Morgan fingerprint density at radius 3 is 3.05 bits per heavy atom. The van der Waals surface area contributed by atoms with Gasteiger partial charge in [-0.15, -0.1) is 11.3 Å². The van der Waals surface area contributed by atoms with Crippen LogP contribution >= 0.6 is 11.3 Å². The molecule has 1 saturated heterocycles. The van der Waals surface area contributed by atoms with Crippen LogP contribution in [0.15, 0.2) is 30.9 Å². The van der Waals surface area contributed by atoms with Gasteiger partial charge in [-0.2, -0.15) is 0 Å². The zero-order valence-electron chi connectivity index (χ0n) is 12.8. The minimum atomic E-state index is 0.222. The topological polar surface area (TPSA) is 38.1 Å². The molecule has 4 rings (SSSR count). The third-order valence-electron chi connectivity index (χ3n) is 4.89. The summed E-state index contributed by atoms with van der Waals surface area (Å²) in [6.45, 7) is 3.88. The molecule has 0 aromatic carbocycles. The van der Waals surface area contributed by atoms with Crippen molar-refractivity contribution in [2.75, 3.05) is 13.1 Å². The molecule has 3 heterocycles. The number of piperidine rings is 1. The molecule has 3 atom stereocenters. The molecule has 0 radical (unpaired) electrons. The molecule has 1 amide bonds. The van der Waals surface area contributed by atoms with Gasteiger partial charge >= 0.3 is 0 Å². The number of hydrogen-bond donors (Lipinski definition) is 0. The summed E-state index contributed by atoms with van der Waals surface area (Å²) in [6.07, 6.45) is 8.95. The fraction of sp³-hybridized carbons (Fsp3) is 0.529. The van der Waals surface area contributed by atoms with Gasteiger partial charge in [0, 0.05) is 47.1 Å². The van der Waals surface area contributed by atoms with Crippen LogP contribution < -0.4 is 0 Å². The van der Waals surface area contributed by atoms with E-state index >= 15 is 0 Å². The third-order valence-corrected chi connectivity index (χ3v) is 6.02. The summed E-state index contributed by atoms with van der Waals surface area (Å²) in [5.74, 6) is 1.06. The fourth-order valence-electron chi connectivity index (χ4n) is 3.55. The first kappa shape index (κ1) is 14.0. The van der Waals surface area contributed by atoms with Gasteiger partial charge < -0.3 is 9.47 Å². The Morgan fingerprint density at radius 1 is 1.41 bits per heavy atom.